The first-order chi connectivity index (χ1) is 11.2. The smallest absolute Gasteiger partial charge is 0.340 e. The molecule has 1 aromatic heterocycles. The van der Waals surface area contributed by atoms with Crippen LogP contribution in [0, 0.1) is 6.92 Å². The Morgan fingerprint density at radius 1 is 1.00 bits per heavy atom. The Kier molecular flexibility index (Phi) is 4.29. The number of benzene rings is 2. The van der Waals surface area contributed by atoms with Gasteiger partial charge in [-0.3, -0.25) is 0 Å². The number of ether oxygens (including phenoxy) is 1. The van der Waals surface area contributed by atoms with E-state index >= 15 is 0 Å². The Hall–Kier alpha value is -2.81. The van der Waals surface area contributed by atoms with Gasteiger partial charge >= 0.3 is 5.97 Å². The van der Waals surface area contributed by atoms with Crippen molar-refractivity contribution in [1.82, 2.24) is 4.98 Å². The van der Waals surface area contributed by atoms with Crippen LogP contribution >= 0.6 is 0 Å². The van der Waals surface area contributed by atoms with Gasteiger partial charge < -0.3 is 9.72 Å². The van der Waals surface area contributed by atoms with Crippen LogP contribution in [0.5, 0.6) is 0 Å². The van der Waals surface area contributed by atoms with E-state index in [9.17, 15) is 4.79 Å². The normalized spacial score (nSPS) is 10.5. The summed E-state index contributed by atoms with van der Waals surface area (Å²) in [7, 11) is 0. The fourth-order valence-electron chi connectivity index (χ4n) is 2.63. The van der Waals surface area contributed by atoms with Gasteiger partial charge in [-0.15, -0.1) is 0 Å². The van der Waals surface area contributed by atoms with E-state index < -0.39 is 0 Å². The van der Waals surface area contributed by atoms with Crippen LogP contribution in [0.2, 0.25) is 0 Å². The van der Waals surface area contributed by atoms with Crippen LogP contribution in [0.25, 0.3) is 22.4 Å². The molecule has 0 aliphatic heterocycles. The number of H-pyrrole nitrogens is 1. The molecule has 2 aromatic carbocycles. The van der Waals surface area contributed by atoms with Crippen molar-refractivity contribution in [3.63, 3.8) is 0 Å². The van der Waals surface area contributed by atoms with Crippen molar-refractivity contribution < 1.29 is 9.53 Å². The summed E-state index contributed by atoms with van der Waals surface area (Å²) in [5, 5.41) is 0. The fourth-order valence-corrected chi connectivity index (χ4v) is 2.63. The lowest BCUT2D eigenvalue weighted by Gasteiger charge is -2.08. The van der Waals surface area contributed by atoms with E-state index in [1.807, 2.05) is 74.6 Å². The summed E-state index contributed by atoms with van der Waals surface area (Å²) in [5.41, 5.74) is 5.39. The molecular weight excluding hydrogens is 286 g/mol. The van der Waals surface area contributed by atoms with Gasteiger partial charge in [0.15, 0.2) is 0 Å². The van der Waals surface area contributed by atoms with Crippen molar-refractivity contribution in [2.45, 2.75) is 13.8 Å². The Morgan fingerprint density at radius 2 is 1.70 bits per heavy atom. The molecule has 0 radical (unpaired) electrons. The van der Waals surface area contributed by atoms with Gasteiger partial charge in [-0.1, -0.05) is 60.2 Å². The topological polar surface area (TPSA) is 42.1 Å². The van der Waals surface area contributed by atoms with Crippen molar-refractivity contribution in [3.8, 4) is 22.4 Å². The first-order valence-electron chi connectivity index (χ1n) is 7.71. The number of aromatic nitrogens is 1. The summed E-state index contributed by atoms with van der Waals surface area (Å²) in [6.45, 7) is 4.21. The number of carbonyl (C=O) groups is 1. The molecule has 0 spiro atoms. The number of hydrogen-bond acceptors (Lipinski definition) is 2. The van der Waals surface area contributed by atoms with Crippen LogP contribution in [-0.4, -0.2) is 17.6 Å². The van der Waals surface area contributed by atoms with E-state index in [1.165, 1.54) is 5.56 Å². The lowest BCUT2D eigenvalue weighted by molar-refractivity contribution is 0.0528. The molecule has 0 saturated carbocycles. The maximum absolute atomic E-state index is 12.5. The highest BCUT2D eigenvalue weighted by atomic mass is 16.5. The number of nitrogens with one attached hydrogen (secondary N) is 1. The molecule has 0 aliphatic carbocycles. The second kappa shape index (κ2) is 6.53. The predicted octanol–water partition coefficient (Wildman–Crippen LogP) is 4.83. The fraction of sp³-hybridized carbons (Fsp3) is 0.150. The quantitative estimate of drug-likeness (QED) is 0.701. The van der Waals surface area contributed by atoms with Crippen LogP contribution in [-0.2, 0) is 4.74 Å². The molecule has 3 heteroatoms. The van der Waals surface area contributed by atoms with Gasteiger partial charge in [0.05, 0.1) is 17.9 Å². The Labute approximate surface area is 135 Å². The summed E-state index contributed by atoms with van der Waals surface area (Å²) in [5.74, 6) is -0.303. The third-order valence-electron chi connectivity index (χ3n) is 3.78. The lowest BCUT2D eigenvalue weighted by Crippen LogP contribution is -2.06. The molecule has 0 atom stereocenters. The zero-order valence-corrected chi connectivity index (χ0v) is 13.3. The molecule has 3 aromatic rings. The molecule has 0 saturated heterocycles. The molecule has 1 N–H and O–H groups in total. The standard InChI is InChI=1S/C20H19NO2/c1-3-23-20(22)18-17(15-11-9-14(2)10-12-15)13-21-19(18)16-7-5-4-6-8-16/h4-13,21H,3H2,1-2H3. The van der Waals surface area contributed by atoms with Crippen LogP contribution in [0.4, 0.5) is 0 Å². The zero-order valence-electron chi connectivity index (χ0n) is 13.3. The number of esters is 1. The average molecular weight is 305 g/mol. The lowest BCUT2D eigenvalue weighted by atomic mass is 9.99. The summed E-state index contributed by atoms with van der Waals surface area (Å²) >= 11 is 0. The van der Waals surface area contributed by atoms with E-state index in [4.69, 9.17) is 4.74 Å². The van der Waals surface area contributed by atoms with Crippen molar-refractivity contribution >= 4 is 5.97 Å². The van der Waals surface area contributed by atoms with Crippen LogP contribution in [0.1, 0.15) is 22.8 Å². The second-order valence-corrected chi connectivity index (χ2v) is 5.40. The molecule has 3 rings (SSSR count). The van der Waals surface area contributed by atoms with Crippen LogP contribution in [0.15, 0.2) is 60.8 Å². The monoisotopic (exact) mass is 305 g/mol. The van der Waals surface area contributed by atoms with Gasteiger partial charge in [-0.25, -0.2) is 4.79 Å². The molecule has 0 fully saturated rings. The third-order valence-corrected chi connectivity index (χ3v) is 3.78. The number of carbonyl (C=O) groups excluding carboxylic acids is 1. The number of aryl methyl sites for hydroxylation is 1. The van der Waals surface area contributed by atoms with Crippen LogP contribution < -0.4 is 0 Å². The molecule has 0 unspecified atom stereocenters. The molecule has 0 amide bonds. The molecule has 116 valence electrons. The van der Waals surface area contributed by atoms with E-state index in [2.05, 4.69) is 4.98 Å². The molecule has 0 aliphatic rings. The van der Waals surface area contributed by atoms with Gasteiger partial charge in [0.2, 0.25) is 0 Å². The number of aromatic amines is 1. The first kappa shape index (κ1) is 15.1. The molecule has 1 heterocycles. The Bertz CT molecular complexity index is 801. The van der Waals surface area contributed by atoms with Crippen molar-refractivity contribution in [2.24, 2.45) is 0 Å². The van der Waals surface area contributed by atoms with Gasteiger partial charge in [0, 0.05) is 11.8 Å². The van der Waals surface area contributed by atoms with E-state index in [1.54, 1.807) is 0 Å². The Balaban J connectivity index is 2.15. The summed E-state index contributed by atoms with van der Waals surface area (Å²) in [4.78, 5) is 15.8. The van der Waals surface area contributed by atoms with E-state index in [0.717, 1.165) is 22.4 Å². The minimum atomic E-state index is -0.303. The first-order valence-corrected chi connectivity index (χ1v) is 7.71. The minimum absolute atomic E-state index is 0.303. The highest BCUT2D eigenvalue weighted by Gasteiger charge is 2.21. The van der Waals surface area contributed by atoms with E-state index in [-0.39, 0.29) is 5.97 Å². The highest BCUT2D eigenvalue weighted by molar-refractivity contribution is 6.03. The van der Waals surface area contributed by atoms with Crippen molar-refractivity contribution in [2.75, 3.05) is 6.61 Å². The SMILES string of the molecule is CCOC(=O)c1c(-c2ccc(C)cc2)c[nH]c1-c1ccccc1. The average Bonchev–Trinajstić information content (AvgIpc) is 3.01. The van der Waals surface area contributed by atoms with Crippen LogP contribution in [0.3, 0.4) is 0 Å². The number of rotatable bonds is 4. The summed E-state index contributed by atoms with van der Waals surface area (Å²) in [6, 6.07) is 18.0. The second-order valence-electron chi connectivity index (χ2n) is 5.40. The van der Waals surface area contributed by atoms with Gasteiger partial charge in [-0.2, -0.15) is 0 Å². The maximum atomic E-state index is 12.5. The molecule has 3 nitrogen and oxygen atoms in total. The maximum Gasteiger partial charge on any atom is 0.340 e. The number of hydrogen-bond donors (Lipinski definition) is 1. The van der Waals surface area contributed by atoms with Crippen molar-refractivity contribution in [1.29, 1.82) is 0 Å². The van der Waals surface area contributed by atoms with Crippen molar-refractivity contribution in [3.05, 3.63) is 71.9 Å². The zero-order chi connectivity index (χ0) is 16.2. The van der Waals surface area contributed by atoms with Gasteiger partial charge in [0.1, 0.15) is 0 Å². The summed E-state index contributed by atoms with van der Waals surface area (Å²) < 4.78 is 5.28. The molecule has 0 bridgehead atoms. The predicted molar refractivity (Wildman–Crippen MR) is 92.4 cm³/mol. The van der Waals surface area contributed by atoms with Gasteiger partial charge in [0.25, 0.3) is 0 Å². The molecule has 23 heavy (non-hydrogen) atoms. The summed E-state index contributed by atoms with van der Waals surface area (Å²) in [6.07, 6.45) is 1.87. The molecular formula is C20H19NO2. The third kappa shape index (κ3) is 3.04. The highest BCUT2D eigenvalue weighted by Crippen LogP contribution is 2.33. The minimum Gasteiger partial charge on any atom is -0.462 e. The van der Waals surface area contributed by atoms with Gasteiger partial charge in [-0.05, 0) is 25.0 Å². The Morgan fingerprint density at radius 3 is 2.35 bits per heavy atom. The van der Waals surface area contributed by atoms with E-state index in [0.29, 0.717) is 12.2 Å². The largest absolute Gasteiger partial charge is 0.462 e.